The van der Waals surface area contributed by atoms with Crippen molar-refractivity contribution in [1.82, 2.24) is 9.62 Å². The van der Waals surface area contributed by atoms with Gasteiger partial charge in [-0.3, -0.25) is 4.79 Å². The Labute approximate surface area is 160 Å². The molecule has 1 aromatic carbocycles. The first-order chi connectivity index (χ1) is 12.4. The Morgan fingerprint density at radius 1 is 1.35 bits per heavy atom. The van der Waals surface area contributed by atoms with Gasteiger partial charge >= 0.3 is 0 Å². The van der Waals surface area contributed by atoms with Gasteiger partial charge in [0.05, 0.1) is 10.6 Å². The van der Waals surface area contributed by atoms with Crippen molar-refractivity contribution in [2.45, 2.75) is 55.0 Å². The first-order valence-corrected chi connectivity index (χ1v) is 11.6. The van der Waals surface area contributed by atoms with Crippen LogP contribution in [-0.2, 0) is 14.8 Å². The summed E-state index contributed by atoms with van der Waals surface area (Å²) in [5, 5.41) is 5.23. The van der Waals surface area contributed by atoms with Crippen LogP contribution in [0.1, 0.15) is 33.1 Å². The Bertz CT molecular complexity index is 731. The van der Waals surface area contributed by atoms with E-state index >= 15 is 0 Å². The molecule has 2 aliphatic heterocycles. The summed E-state index contributed by atoms with van der Waals surface area (Å²) in [6.45, 7) is 5.08. The molecule has 8 heteroatoms. The number of benzene rings is 1. The molecule has 1 aromatic rings. The molecule has 0 saturated carbocycles. The fourth-order valence-electron chi connectivity index (χ4n) is 3.48. The summed E-state index contributed by atoms with van der Waals surface area (Å²) in [4.78, 5) is 12.7. The molecule has 144 valence electrons. The second-order valence-corrected chi connectivity index (χ2v) is 10.6. The molecule has 3 rings (SSSR count). The molecule has 1 amide bonds. The number of nitrogens with zero attached hydrogens (tertiary/aromatic N) is 1. The second-order valence-electron chi connectivity index (χ2n) is 7.18. The SMILES string of the molecule is CC[C@H](C)NC(=O)[C@@H]1CSC2(CCN(S(=O)(=O)c3ccccc3)CC2)[NH2+]1. The number of carbonyl (C=O) groups excluding carboxylic acids is 1. The van der Waals surface area contributed by atoms with Crippen molar-refractivity contribution >= 4 is 27.7 Å². The number of hydrogen-bond acceptors (Lipinski definition) is 4. The number of thioether (sulfide) groups is 1. The minimum atomic E-state index is -3.43. The average Bonchev–Trinajstić information content (AvgIpc) is 3.06. The number of rotatable bonds is 5. The Balaban J connectivity index is 1.60. The van der Waals surface area contributed by atoms with E-state index < -0.39 is 10.0 Å². The van der Waals surface area contributed by atoms with E-state index in [0.717, 1.165) is 25.0 Å². The highest BCUT2D eigenvalue weighted by Crippen LogP contribution is 2.35. The quantitative estimate of drug-likeness (QED) is 0.767. The van der Waals surface area contributed by atoms with Gasteiger partial charge in [-0.05, 0) is 25.5 Å². The highest BCUT2D eigenvalue weighted by Gasteiger charge is 2.49. The van der Waals surface area contributed by atoms with E-state index in [1.54, 1.807) is 28.6 Å². The molecular formula is C18H28N3O3S2+. The standard InChI is InChI=1S/C18H27N3O3S2/c1-3-14(2)19-17(22)16-13-25-18(20-16)9-11-21(12-10-18)26(23,24)15-7-5-4-6-8-15/h4-8,14,16,20H,3,9-13H2,1-2H3,(H,19,22)/p+1/t14-,16-/m0/s1. The molecule has 26 heavy (non-hydrogen) atoms. The highest BCUT2D eigenvalue weighted by molar-refractivity contribution is 8.00. The maximum atomic E-state index is 12.8. The summed E-state index contributed by atoms with van der Waals surface area (Å²) >= 11 is 1.81. The topological polar surface area (TPSA) is 83.1 Å². The van der Waals surface area contributed by atoms with Crippen LogP contribution in [0.4, 0.5) is 0 Å². The molecule has 6 nitrogen and oxygen atoms in total. The van der Waals surface area contributed by atoms with Gasteiger partial charge in [0.2, 0.25) is 10.0 Å². The third kappa shape index (κ3) is 4.08. The van der Waals surface area contributed by atoms with Crippen LogP contribution in [-0.4, -0.2) is 54.4 Å². The Hall–Kier alpha value is -1.09. The Morgan fingerprint density at radius 2 is 2.00 bits per heavy atom. The van der Waals surface area contributed by atoms with E-state index in [1.807, 2.05) is 24.8 Å². The van der Waals surface area contributed by atoms with Crippen LogP contribution in [0.2, 0.25) is 0 Å². The largest absolute Gasteiger partial charge is 0.348 e. The average molecular weight is 399 g/mol. The van der Waals surface area contributed by atoms with Crippen LogP contribution in [0, 0.1) is 0 Å². The van der Waals surface area contributed by atoms with Crippen LogP contribution < -0.4 is 10.6 Å². The van der Waals surface area contributed by atoms with E-state index in [0.29, 0.717) is 18.0 Å². The van der Waals surface area contributed by atoms with Crippen molar-refractivity contribution in [3.63, 3.8) is 0 Å². The number of hydrogen-bond donors (Lipinski definition) is 2. The lowest BCUT2D eigenvalue weighted by Crippen LogP contribution is -3.00. The second kappa shape index (κ2) is 7.88. The van der Waals surface area contributed by atoms with E-state index in [9.17, 15) is 13.2 Å². The van der Waals surface area contributed by atoms with Crippen molar-refractivity contribution in [1.29, 1.82) is 0 Å². The van der Waals surface area contributed by atoms with Crippen LogP contribution >= 0.6 is 11.8 Å². The van der Waals surface area contributed by atoms with Gasteiger partial charge in [-0.25, -0.2) is 8.42 Å². The fraction of sp³-hybridized carbons (Fsp3) is 0.611. The molecule has 0 unspecified atom stereocenters. The van der Waals surface area contributed by atoms with Crippen molar-refractivity contribution in [2.24, 2.45) is 0 Å². The first kappa shape index (κ1) is 19.7. The van der Waals surface area contributed by atoms with Gasteiger partial charge in [0, 0.05) is 32.0 Å². The molecule has 1 spiro atoms. The molecule has 0 aromatic heterocycles. The summed E-state index contributed by atoms with van der Waals surface area (Å²) in [5.74, 6) is 0.885. The number of sulfonamides is 1. The van der Waals surface area contributed by atoms with Crippen molar-refractivity contribution in [3.05, 3.63) is 30.3 Å². The number of nitrogens with one attached hydrogen (secondary N) is 1. The van der Waals surface area contributed by atoms with E-state index in [1.165, 1.54) is 0 Å². The molecule has 2 atom stereocenters. The minimum absolute atomic E-state index is 0.0693. The molecule has 0 radical (unpaired) electrons. The zero-order chi connectivity index (χ0) is 18.8. The highest BCUT2D eigenvalue weighted by atomic mass is 32.2. The summed E-state index contributed by atoms with van der Waals surface area (Å²) in [7, 11) is -3.43. The van der Waals surface area contributed by atoms with Crippen LogP contribution in [0.25, 0.3) is 0 Å². The minimum Gasteiger partial charge on any atom is -0.348 e. The normalized spacial score (nSPS) is 24.5. The van der Waals surface area contributed by atoms with Gasteiger partial charge in [0.25, 0.3) is 5.91 Å². The Kier molecular flexibility index (Phi) is 5.96. The van der Waals surface area contributed by atoms with Gasteiger partial charge in [-0.15, -0.1) is 0 Å². The predicted molar refractivity (Wildman–Crippen MR) is 103 cm³/mol. The lowest BCUT2D eigenvalue weighted by Gasteiger charge is -2.35. The third-order valence-electron chi connectivity index (χ3n) is 5.34. The molecule has 2 fully saturated rings. The zero-order valence-electron chi connectivity index (χ0n) is 15.3. The predicted octanol–water partition coefficient (Wildman–Crippen LogP) is 0.761. The smallest absolute Gasteiger partial charge is 0.279 e. The number of carbonyl (C=O) groups is 1. The van der Waals surface area contributed by atoms with Crippen LogP contribution in [0.3, 0.4) is 0 Å². The number of amides is 1. The monoisotopic (exact) mass is 398 g/mol. The molecule has 2 aliphatic rings. The molecule has 0 aliphatic carbocycles. The summed E-state index contributed by atoms with van der Waals surface area (Å²) in [6, 6.07) is 8.72. The molecule has 3 N–H and O–H groups in total. The third-order valence-corrected chi connectivity index (χ3v) is 8.90. The van der Waals surface area contributed by atoms with Crippen molar-refractivity contribution in [3.8, 4) is 0 Å². The van der Waals surface area contributed by atoms with Gasteiger partial charge in [0.1, 0.15) is 4.87 Å². The van der Waals surface area contributed by atoms with Crippen LogP contribution in [0.5, 0.6) is 0 Å². The maximum Gasteiger partial charge on any atom is 0.279 e. The number of piperidine rings is 1. The summed E-state index contributed by atoms with van der Waals surface area (Å²) in [6.07, 6.45) is 2.44. The maximum absolute atomic E-state index is 12.8. The lowest BCUT2D eigenvalue weighted by molar-refractivity contribution is -0.714. The van der Waals surface area contributed by atoms with Crippen LogP contribution in [0.15, 0.2) is 35.2 Å². The molecule has 0 bridgehead atoms. The molecule has 2 heterocycles. The van der Waals surface area contributed by atoms with Crippen molar-refractivity contribution < 1.29 is 18.5 Å². The number of nitrogens with two attached hydrogens (primary N) is 1. The first-order valence-electron chi connectivity index (χ1n) is 9.22. The number of quaternary nitrogens is 1. The zero-order valence-corrected chi connectivity index (χ0v) is 17.0. The van der Waals surface area contributed by atoms with Crippen molar-refractivity contribution in [2.75, 3.05) is 18.8 Å². The lowest BCUT2D eigenvalue weighted by atomic mass is 10.0. The van der Waals surface area contributed by atoms with E-state index in [4.69, 9.17) is 0 Å². The fourth-order valence-corrected chi connectivity index (χ4v) is 6.43. The molecule has 2 saturated heterocycles. The van der Waals surface area contributed by atoms with Gasteiger partial charge < -0.3 is 10.6 Å². The summed E-state index contributed by atoms with van der Waals surface area (Å²) < 4.78 is 27.1. The van der Waals surface area contributed by atoms with Gasteiger partial charge in [0.15, 0.2) is 6.04 Å². The summed E-state index contributed by atoms with van der Waals surface area (Å²) in [5.41, 5.74) is 0. The van der Waals surface area contributed by atoms with Gasteiger partial charge in [-0.1, -0.05) is 36.9 Å². The van der Waals surface area contributed by atoms with E-state index in [-0.39, 0.29) is 22.9 Å². The van der Waals surface area contributed by atoms with Gasteiger partial charge in [-0.2, -0.15) is 4.31 Å². The van der Waals surface area contributed by atoms with E-state index in [2.05, 4.69) is 17.6 Å². The molecular weight excluding hydrogens is 370 g/mol. The Morgan fingerprint density at radius 3 is 2.62 bits per heavy atom.